The fourth-order valence-corrected chi connectivity index (χ4v) is 3.93. The molecule has 1 amide bonds. The van der Waals surface area contributed by atoms with Crippen molar-refractivity contribution < 1.29 is 9.53 Å². The van der Waals surface area contributed by atoms with Crippen molar-refractivity contribution in [2.45, 2.75) is 23.2 Å². The van der Waals surface area contributed by atoms with Crippen LogP contribution in [-0.2, 0) is 11.3 Å². The number of hydrogen-bond donors (Lipinski definition) is 0. The molecule has 0 aromatic heterocycles. The minimum Gasteiger partial charge on any atom is -0.445 e. The van der Waals surface area contributed by atoms with Gasteiger partial charge in [0.1, 0.15) is 6.61 Å². The van der Waals surface area contributed by atoms with Crippen LogP contribution >= 0.6 is 27.7 Å². The molecule has 1 unspecified atom stereocenters. The van der Waals surface area contributed by atoms with E-state index in [2.05, 4.69) is 28.1 Å². The third-order valence-corrected chi connectivity index (χ3v) is 5.52. The smallest absolute Gasteiger partial charge is 0.410 e. The van der Waals surface area contributed by atoms with E-state index in [9.17, 15) is 4.79 Å². The number of halogens is 1. The van der Waals surface area contributed by atoms with Crippen LogP contribution in [0.25, 0.3) is 0 Å². The van der Waals surface area contributed by atoms with E-state index in [4.69, 9.17) is 4.74 Å². The van der Waals surface area contributed by atoms with Crippen LogP contribution in [0.15, 0.2) is 64.0 Å². The van der Waals surface area contributed by atoms with E-state index in [-0.39, 0.29) is 6.09 Å². The predicted molar refractivity (Wildman–Crippen MR) is 96.6 cm³/mol. The highest BCUT2D eigenvalue weighted by Gasteiger charge is 2.27. The Morgan fingerprint density at radius 3 is 2.65 bits per heavy atom. The second-order valence-electron chi connectivity index (χ2n) is 5.47. The summed E-state index contributed by atoms with van der Waals surface area (Å²) in [5.41, 5.74) is 1.01. The van der Waals surface area contributed by atoms with Gasteiger partial charge in [-0.2, -0.15) is 0 Å². The van der Waals surface area contributed by atoms with Crippen molar-refractivity contribution in [3.8, 4) is 0 Å². The maximum absolute atomic E-state index is 12.1. The molecule has 0 radical (unpaired) electrons. The minimum absolute atomic E-state index is 0.215. The first kappa shape index (κ1) is 16.4. The highest BCUT2D eigenvalue weighted by atomic mass is 79.9. The Morgan fingerprint density at radius 1 is 1.17 bits per heavy atom. The first-order chi connectivity index (χ1) is 11.2. The second-order valence-corrected chi connectivity index (χ2v) is 7.76. The largest absolute Gasteiger partial charge is 0.445 e. The minimum atomic E-state index is -0.215. The molecule has 3 rings (SSSR count). The molecule has 5 heteroatoms. The third kappa shape index (κ3) is 4.75. The van der Waals surface area contributed by atoms with Crippen LogP contribution in [0.5, 0.6) is 0 Å². The number of hydrogen-bond acceptors (Lipinski definition) is 3. The van der Waals surface area contributed by atoms with Gasteiger partial charge in [-0.3, -0.25) is 0 Å². The fraction of sp³-hybridized carbons (Fsp3) is 0.278. The highest BCUT2D eigenvalue weighted by Crippen LogP contribution is 2.30. The SMILES string of the molecule is O=C(OCc1ccccc1)N1CCC(Sc2ccc(Br)cc2)C1. The molecule has 0 bridgehead atoms. The van der Waals surface area contributed by atoms with E-state index < -0.39 is 0 Å². The first-order valence-corrected chi connectivity index (χ1v) is 9.26. The Kier molecular flexibility index (Phi) is 5.62. The van der Waals surface area contributed by atoms with Gasteiger partial charge in [0, 0.05) is 27.7 Å². The lowest BCUT2D eigenvalue weighted by molar-refractivity contribution is 0.104. The number of nitrogens with zero attached hydrogens (tertiary/aromatic N) is 1. The molecule has 1 heterocycles. The van der Waals surface area contributed by atoms with Crippen molar-refractivity contribution in [3.05, 3.63) is 64.6 Å². The number of likely N-dealkylation sites (tertiary alicyclic amines) is 1. The summed E-state index contributed by atoms with van der Waals surface area (Å²) in [6, 6.07) is 18.1. The summed E-state index contributed by atoms with van der Waals surface area (Å²) in [7, 11) is 0. The van der Waals surface area contributed by atoms with E-state index in [0.29, 0.717) is 11.9 Å². The van der Waals surface area contributed by atoms with Crippen molar-refractivity contribution >= 4 is 33.8 Å². The van der Waals surface area contributed by atoms with Gasteiger partial charge in [0.2, 0.25) is 0 Å². The Bertz CT molecular complexity index is 648. The van der Waals surface area contributed by atoms with Crippen LogP contribution < -0.4 is 0 Å². The Hall–Kier alpha value is -1.46. The number of amides is 1. The van der Waals surface area contributed by atoms with Crippen molar-refractivity contribution in [2.75, 3.05) is 13.1 Å². The lowest BCUT2D eigenvalue weighted by Crippen LogP contribution is -2.29. The molecule has 120 valence electrons. The Labute approximate surface area is 149 Å². The van der Waals surface area contributed by atoms with Crippen molar-refractivity contribution in [1.29, 1.82) is 0 Å². The zero-order chi connectivity index (χ0) is 16.1. The fourth-order valence-electron chi connectivity index (χ4n) is 2.51. The lowest BCUT2D eigenvalue weighted by Gasteiger charge is -2.16. The zero-order valence-electron chi connectivity index (χ0n) is 12.7. The van der Waals surface area contributed by atoms with Crippen molar-refractivity contribution in [3.63, 3.8) is 0 Å². The van der Waals surface area contributed by atoms with Crippen molar-refractivity contribution in [2.24, 2.45) is 0 Å². The summed E-state index contributed by atoms with van der Waals surface area (Å²) in [4.78, 5) is 15.2. The quantitative estimate of drug-likeness (QED) is 0.737. The molecule has 0 saturated carbocycles. The van der Waals surface area contributed by atoms with E-state index in [1.54, 1.807) is 4.90 Å². The molecule has 1 atom stereocenters. The second kappa shape index (κ2) is 7.88. The van der Waals surface area contributed by atoms with Gasteiger partial charge in [-0.1, -0.05) is 46.3 Å². The molecule has 1 aliphatic heterocycles. The standard InChI is InChI=1S/C18H18BrNO2S/c19-15-6-8-16(9-7-15)23-17-10-11-20(12-17)18(21)22-13-14-4-2-1-3-5-14/h1-9,17H,10-13H2. The topological polar surface area (TPSA) is 29.5 Å². The molecule has 0 aliphatic carbocycles. The molecule has 23 heavy (non-hydrogen) atoms. The molecular formula is C18H18BrNO2S. The van der Waals surface area contributed by atoms with Gasteiger partial charge in [-0.05, 0) is 36.2 Å². The Balaban J connectivity index is 1.47. The molecule has 0 N–H and O–H groups in total. The van der Waals surface area contributed by atoms with Gasteiger partial charge in [0.05, 0.1) is 0 Å². The van der Waals surface area contributed by atoms with E-state index >= 15 is 0 Å². The van der Waals surface area contributed by atoms with Crippen LogP contribution in [0, 0.1) is 0 Å². The Morgan fingerprint density at radius 2 is 1.91 bits per heavy atom. The van der Waals surface area contributed by atoms with Crippen LogP contribution in [-0.4, -0.2) is 29.3 Å². The number of benzene rings is 2. The van der Waals surface area contributed by atoms with Crippen LogP contribution in [0.3, 0.4) is 0 Å². The van der Waals surface area contributed by atoms with Gasteiger partial charge < -0.3 is 9.64 Å². The van der Waals surface area contributed by atoms with E-state index in [0.717, 1.165) is 29.5 Å². The lowest BCUT2D eigenvalue weighted by atomic mass is 10.2. The number of ether oxygens (including phenoxy) is 1. The third-order valence-electron chi connectivity index (χ3n) is 3.72. The predicted octanol–water partition coefficient (Wildman–Crippen LogP) is 4.95. The molecule has 1 aliphatic rings. The summed E-state index contributed by atoms with van der Waals surface area (Å²) < 4.78 is 6.48. The normalized spacial score (nSPS) is 17.3. The van der Waals surface area contributed by atoms with Crippen molar-refractivity contribution in [1.82, 2.24) is 4.90 Å². The number of thioether (sulfide) groups is 1. The van der Waals surface area contributed by atoms with Gasteiger partial charge in [-0.15, -0.1) is 11.8 Å². The average Bonchev–Trinajstić information content (AvgIpc) is 3.04. The summed E-state index contributed by atoms with van der Waals surface area (Å²) in [6.07, 6.45) is 0.786. The van der Waals surface area contributed by atoms with E-state index in [1.165, 1.54) is 4.90 Å². The van der Waals surface area contributed by atoms with Gasteiger partial charge in [0.15, 0.2) is 0 Å². The highest BCUT2D eigenvalue weighted by molar-refractivity contribution is 9.10. The average molecular weight is 392 g/mol. The number of rotatable bonds is 4. The zero-order valence-corrected chi connectivity index (χ0v) is 15.1. The summed E-state index contributed by atoms with van der Waals surface area (Å²) in [6.45, 7) is 1.84. The molecule has 2 aromatic rings. The summed E-state index contributed by atoms with van der Waals surface area (Å²) in [5.74, 6) is 0. The van der Waals surface area contributed by atoms with Crippen LogP contribution in [0.2, 0.25) is 0 Å². The van der Waals surface area contributed by atoms with Crippen LogP contribution in [0.1, 0.15) is 12.0 Å². The molecular weight excluding hydrogens is 374 g/mol. The monoisotopic (exact) mass is 391 g/mol. The molecule has 2 aromatic carbocycles. The summed E-state index contributed by atoms with van der Waals surface area (Å²) in [5, 5.41) is 0.431. The molecule has 1 saturated heterocycles. The van der Waals surface area contributed by atoms with Gasteiger partial charge in [-0.25, -0.2) is 4.79 Å². The van der Waals surface area contributed by atoms with Gasteiger partial charge >= 0.3 is 6.09 Å². The maximum atomic E-state index is 12.1. The van der Waals surface area contributed by atoms with Gasteiger partial charge in [0.25, 0.3) is 0 Å². The number of carbonyl (C=O) groups is 1. The molecule has 0 spiro atoms. The molecule has 1 fully saturated rings. The van der Waals surface area contributed by atoms with E-state index in [1.807, 2.05) is 54.2 Å². The molecule has 3 nitrogen and oxygen atoms in total. The maximum Gasteiger partial charge on any atom is 0.410 e. The summed E-state index contributed by atoms with van der Waals surface area (Å²) >= 11 is 5.27. The first-order valence-electron chi connectivity index (χ1n) is 7.58. The van der Waals surface area contributed by atoms with Crippen LogP contribution in [0.4, 0.5) is 4.79 Å². The number of carbonyl (C=O) groups excluding carboxylic acids is 1.